The van der Waals surface area contributed by atoms with Crippen LogP contribution in [0.1, 0.15) is 19.3 Å². The number of benzene rings is 1. The van der Waals surface area contributed by atoms with Gasteiger partial charge in [-0.05, 0) is 32.1 Å². The highest BCUT2D eigenvalue weighted by Crippen LogP contribution is 2.26. The molecule has 1 fully saturated rings. The minimum absolute atomic E-state index is 0. The van der Waals surface area contributed by atoms with Crippen molar-refractivity contribution in [3.8, 4) is 5.75 Å². The highest BCUT2D eigenvalue weighted by atomic mass is 35.5. The van der Waals surface area contributed by atoms with Gasteiger partial charge in [0, 0.05) is 12.8 Å². The first-order valence-electron chi connectivity index (χ1n) is 7.07. The molecule has 1 aliphatic heterocycles. The summed E-state index contributed by atoms with van der Waals surface area (Å²) in [5.41, 5.74) is 0.730. The highest BCUT2D eigenvalue weighted by Gasteiger charge is 2.18. The van der Waals surface area contributed by atoms with E-state index in [2.05, 4.69) is 10.6 Å². The van der Waals surface area contributed by atoms with Gasteiger partial charge in [-0.15, -0.1) is 12.4 Å². The molecule has 1 saturated heterocycles. The summed E-state index contributed by atoms with van der Waals surface area (Å²) in [6, 6.07) is 7.53. The largest absolute Gasteiger partial charge is 0.486 e. The van der Waals surface area contributed by atoms with Gasteiger partial charge in [-0.3, -0.25) is 4.79 Å². The van der Waals surface area contributed by atoms with Crippen LogP contribution in [-0.4, -0.2) is 38.8 Å². The molecule has 0 spiro atoms. The fourth-order valence-electron chi connectivity index (χ4n) is 2.10. The van der Waals surface area contributed by atoms with Gasteiger partial charge in [-0.25, -0.2) is 0 Å². The van der Waals surface area contributed by atoms with E-state index >= 15 is 0 Å². The first-order chi connectivity index (χ1) is 9.79. The Morgan fingerprint density at radius 2 is 2.24 bits per heavy atom. The molecular formula is C15H23ClN2O3. The Morgan fingerprint density at radius 3 is 2.95 bits per heavy atom. The smallest absolute Gasteiger partial charge is 0.224 e. The van der Waals surface area contributed by atoms with E-state index in [-0.39, 0.29) is 24.4 Å². The van der Waals surface area contributed by atoms with Crippen LogP contribution < -0.4 is 15.4 Å². The summed E-state index contributed by atoms with van der Waals surface area (Å²) >= 11 is 0. The summed E-state index contributed by atoms with van der Waals surface area (Å²) in [4.78, 5) is 11.9. The molecule has 2 N–H and O–H groups in total. The van der Waals surface area contributed by atoms with Gasteiger partial charge in [0.1, 0.15) is 11.9 Å². The predicted molar refractivity (Wildman–Crippen MR) is 85.3 cm³/mol. The number of hydrogen-bond donors (Lipinski definition) is 2. The van der Waals surface area contributed by atoms with Gasteiger partial charge in [0.2, 0.25) is 5.91 Å². The second-order valence-corrected chi connectivity index (χ2v) is 4.85. The van der Waals surface area contributed by atoms with Crippen LogP contribution in [0.4, 0.5) is 5.69 Å². The molecule has 1 aromatic carbocycles. The lowest BCUT2D eigenvalue weighted by Gasteiger charge is -2.16. The summed E-state index contributed by atoms with van der Waals surface area (Å²) in [7, 11) is 1.88. The molecule has 6 heteroatoms. The Hall–Kier alpha value is -1.30. The van der Waals surface area contributed by atoms with Gasteiger partial charge in [-0.1, -0.05) is 12.1 Å². The Labute approximate surface area is 131 Å². The van der Waals surface area contributed by atoms with Crippen molar-refractivity contribution in [3.05, 3.63) is 24.3 Å². The molecule has 1 heterocycles. The van der Waals surface area contributed by atoms with Gasteiger partial charge >= 0.3 is 0 Å². The summed E-state index contributed by atoms with van der Waals surface area (Å²) in [6.07, 6.45) is 2.30. The monoisotopic (exact) mass is 314 g/mol. The molecule has 1 unspecified atom stereocenters. The lowest BCUT2D eigenvalue weighted by atomic mass is 10.2. The maximum atomic E-state index is 11.9. The first kappa shape index (κ1) is 17.8. The van der Waals surface area contributed by atoms with Gasteiger partial charge < -0.3 is 20.1 Å². The molecule has 118 valence electrons. The zero-order valence-corrected chi connectivity index (χ0v) is 13.1. The molecule has 5 nitrogen and oxygen atoms in total. The molecule has 0 bridgehead atoms. The van der Waals surface area contributed by atoms with Crippen molar-refractivity contribution < 1.29 is 14.3 Å². The number of para-hydroxylation sites is 2. The normalized spacial score (nSPS) is 17.1. The van der Waals surface area contributed by atoms with Crippen molar-refractivity contribution in [2.24, 2.45) is 0 Å². The SMILES string of the molecule is CNCCCC(=O)Nc1ccccc1OC1CCOC1.Cl. The standard InChI is InChI=1S/C15H22N2O3.ClH/c1-16-9-4-7-15(18)17-13-5-2-3-6-14(13)20-12-8-10-19-11-12;/h2-3,5-6,12,16H,4,7-11H2,1H3,(H,17,18);1H. The summed E-state index contributed by atoms with van der Waals surface area (Å²) in [5, 5.41) is 5.94. The molecule has 21 heavy (non-hydrogen) atoms. The fraction of sp³-hybridized carbons (Fsp3) is 0.533. The van der Waals surface area contributed by atoms with Crippen molar-refractivity contribution in [2.45, 2.75) is 25.4 Å². The number of ether oxygens (including phenoxy) is 2. The zero-order valence-electron chi connectivity index (χ0n) is 12.3. The van der Waals surface area contributed by atoms with Gasteiger partial charge in [0.25, 0.3) is 0 Å². The number of carbonyl (C=O) groups excluding carboxylic acids is 1. The van der Waals surface area contributed by atoms with Crippen molar-refractivity contribution >= 4 is 24.0 Å². The molecule has 1 amide bonds. The van der Waals surface area contributed by atoms with E-state index in [9.17, 15) is 4.79 Å². The van der Waals surface area contributed by atoms with Gasteiger partial charge in [0.15, 0.2) is 0 Å². The van der Waals surface area contributed by atoms with Crippen LogP contribution in [0.5, 0.6) is 5.75 Å². The van der Waals surface area contributed by atoms with Gasteiger partial charge in [-0.2, -0.15) is 0 Å². The van der Waals surface area contributed by atoms with Gasteiger partial charge in [0.05, 0.1) is 18.9 Å². The lowest BCUT2D eigenvalue weighted by Crippen LogP contribution is -2.19. The summed E-state index contributed by atoms with van der Waals surface area (Å²) in [6.45, 7) is 2.19. The van der Waals surface area contributed by atoms with Crippen LogP contribution in [0.25, 0.3) is 0 Å². The van der Waals surface area contributed by atoms with E-state index in [0.717, 1.165) is 31.7 Å². The number of hydrogen-bond acceptors (Lipinski definition) is 4. The molecule has 0 radical (unpaired) electrons. The van der Waals surface area contributed by atoms with Crippen LogP contribution in [-0.2, 0) is 9.53 Å². The summed E-state index contributed by atoms with van der Waals surface area (Å²) in [5.74, 6) is 0.726. The van der Waals surface area contributed by atoms with E-state index in [1.165, 1.54) is 0 Å². The average Bonchev–Trinajstić information content (AvgIpc) is 2.94. The summed E-state index contributed by atoms with van der Waals surface area (Å²) < 4.78 is 11.2. The topological polar surface area (TPSA) is 59.6 Å². The molecule has 1 aromatic rings. The van der Waals surface area contributed by atoms with E-state index in [1.807, 2.05) is 31.3 Å². The minimum atomic E-state index is 0. The number of rotatable bonds is 7. The Bertz CT molecular complexity index is 437. The van der Waals surface area contributed by atoms with Crippen LogP contribution in [0.15, 0.2) is 24.3 Å². The van der Waals surface area contributed by atoms with E-state index in [1.54, 1.807) is 0 Å². The Balaban J connectivity index is 0.00000220. The maximum Gasteiger partial charge on any atom is 0.224 e. The Morgan fingerprint density at radius 1 is 1.43 bits per heavy atom. The highest BCUT2D eigenvalue weighted by molar-refractivity contribution is 5.92. The molecule has 2 rings (SSSR count). The lowest BCUT2D eigenvalue weighted by molar-refractivity contribution is -0.116. The predicted octanol–water partition coefficient (Wildman–Crippen LogP) is 2.21. The van der Waals surface area contributed by atoms with Crippen LogP contribution in [0.2, 0.25) is 0 Å². The number of amides is 1. The van der Waals surface area contributed by atoms with Crippen LogP contribution in [0.3, 0.4) is 0 Å². The molecule has 1 aliphatic rings. The van der Waals surface area contributed by atoms with Crippen molar-refractivity contribution in [3.63, 3.8) is 0 Å². The number of anilines is 1. The van der Waals surface area contributed by atoms with Crippen molar-refractivity contribution in [1.29, 1.82) is 0 Å². The third-order valence-electron chi connectivity index (χ3n) is 3.17. The quantitative estimate of drug-likeness (QED) is 0.758. The first-order valence-corrected chi connectivity index (χ1v) is 7.07. The molecule has 0 aliphatic carbocycles. The van der Waals surface area contributed by atoms with E-state index < -0.39 is 0 Å². The van der Waals surface area contributed by atoms with E-state index in [4.69, 9.17) is 9.47 Å². The maximum absolute atomic E-state index is 11.9. The second-order valence-electron chi connectivity index (χ2n) is 4.85. The zero-order chi connectivity index (χ0) is 14.2. The molecule has 0 aromatic heterocycles. The third-order valence-corrected chi connectivity index (χ3v) is 3.17. The van der Waals surface area contributed by atoms with Crippen molar-refractivity contribution in [1.82, 2.24) is 5.32 Å². The average molecular weight is 315 g/mol. The fourth-order valence-corrected chi connectivity index (χ4v) is 2.10. The van der Waals surface area contributed by atoms with E-state index in [0.29, 0.717) is 18.8 Å². The third kappa shape index (κ3) is 5.91. The molecule has 0 saturated carbocycles. The van der Waals surface area contributed by atoms with Crippen LogP contribution >= 0.6 is 12.4 Å². The number of carbonyl (C=O) groups is 1. The molecular weight excluding hydrogens is 292 g/mol. The minimum Gasteiger partial charge on any atom is -0.486 e. The number of halogens is 1. The van der Waals surface area contributed by atoms with Crippen LogP contribution in [0, 0.1) is 0 Å². The van der Waals surface area contributed by atoms with Crippen molar-refractivity contribution in [2.75, 3.05) is 32.1 Å². The Kier molecular flexibility index (Phi) is 8.12. The molecule has 1 atom stereocenters. The number of nitrogens with one attached hydrogen (secondary N) is 2. The second kappa shape index (κ2) is 9.60.